The molecule has 0 spiro atoms. The van der Waals surface area contributed by atoms with Crippen molar-refractivity contribution in [3.05, 3.63) is 18.2 Å². The average molecular weight is 492 g/mol. The molecule has 1 aromatic heterocycles. The maximum Gasteiger partial charge on any atom is 0.419 e. The van der Waals surface area contributed by atoms with E-state index in [9.17, 15) is 19.5 Å². The first-order valence-electron chi connectivity index (χ1n) is 12.7. The third kappa shape index (κ3) is 6.76. The highest BCUT2D eigenvalue weighted by atomic mass is 16.6. The number of hydrogen-bond donors (Lipinski definition) is 1. The maximum absolute atomic E-state index is 12.7. The molecule has 2 atom stereocenters. The summed E-state index contributed by atoms with van der Waals surface area (Å²) in [5, 5.41) is 10.1. The van der Waals surface area contributed by atoms with Crippen LogP contribution in [0.15, 0.2) is 12.5 Å². The van der Waals surface area contributed by atoms with Crippen molar-refractivity contribution in [3.63, 3.8) is 0 Å². The Balaban J connectivity index is 1.64. The van der Waals surface area contributed by atoms with Gasteiger partial charge in [-0.3, -0.25) is 4.79 Å². The van der Waals surface area contributed by atoms with Crippen LogP contribution in [-0.2, 0) is 19.7 Å². The second-order valence-electron chi connectivity index (χ2n) is 11.9. The van der Waals surface area contributed by atoms with E-state index in [1.54, 1.807) is 47.9 Å². The normalized spacial score (nSPS) is 23.0. The fourth-order valence-corrected chi connectivity index (χ4v) is 4.90. The standard InChI is InChI=1S/C26H41N3O6/c1-24(2,3)34-22(32)29(23(33)35-25(4,5)6)14-10-11-18-15-26(18,21(30)31)20-16-28(17-27-20)19-12-8-7-9-13-19/h16-19H,7-15H2,1-6H3,(H,30,31)/t18-,26+/m0/s1. The van der Waals surface area contributed by atoms with Gasteiger partial charge in [0.1, 0.15) is 16.6 Å². The number of imidazole rings is 1. The number of carbonyl (C=O) groups is 3. The molecule has 0 saturated heterocycles. The van der Waals surface area contributed by atoms with E-state index in [0.717, 1.165) is 17.7 Å². The van der Waals surface area contributed by atoms with E-state index in [1.165, 1.54) is 19.3 Å². The SMILES string of the molecule is CC(C)(C)OC(=O)N(CCC[C@H]1C[C@]1(C(=O)O)c1cn(C2CCCCC2)cn1)C(=O)OC(C)(C)C. The summed E-state index contributed by atoms with van der Waals surface area (Å²) < 4.78 is 12.9. The predicted octanol–water partition coefficient (Wildman–Crippen LogP) is 5.68. The Bertz CT molecular complexity index is 894. The zero-order valence-corrected chi connectivity index (χ0v) is 22.0. The number of carbonyl (C=O) groups excluding carboxylic acids is 2. The second kappa shape index (κ2) is 10.2. The number of amides is 2. The number of hydrogen-bond acceptors (Lipinski definition) is 6. The van der Waals surface area contributed by atoms with E-state index in [-0.39, 0.29) is 12.5 Å². The number of aliphatic carboxylic acids is 1. The molecular formula is C26H41N3O6. The van der Waals surface area contributed by atoms with Crippen LogP contribution in [0.4, 0.5) is 9.59 Å². The molecule has 0 aliphatic heterocycles. The predicted molar refractivity (Wildman–Crippen MR) is 130 cm³/mol. The zero-order chi connectivity index (χ0) is 26.0. The summed E-state index contributed by atoms with van der Waals surface area (Å²) >= 11 is 0. The number of imide groups is 1. The molecule has 9 heteroatoms. The highest BCUT2D eigenvalue weighted by Gasteiger charge is 2.62. The lowest BCUT2D eigenvalue weighted by Gasteiger charge is -2.28. The minimum Gasteiger partial charge on any atom is -0.481 e. The molecule has 0 unspecified atom stereocenters. The summed E-state index contributed by atoms with van der Waals surface area (Å²) in [5.41, 5.74) is -1.91. The Morgan fingerprint density at radius 3 is 2.14 bits per heavy atom. The van der Waals surface area contributed by atoms with Crippen molar-refractivity contribution in [2.45, 2.75) is 116 Å². The smallest absolute Gasteiger partial charge is 0.419 e. The quantitative estimate of drug-likeness (QED) is 0.522. The number of carboxylic acid groups (broad SMARTS) is 1. The Morgan fingerprint density at radius 2 is 1.63 bits per heavy atom. The summed E-state index contributed by atoms with van der Waals surface area (Å²) in [6, 6.07) is 0.393. The van der Waals surface area contributed by atoms with Gasteiger partial charge >= 0.3 is 18.2 Å². The van der Waals surface area contributed by atoms with Crippen molar-refractivity contribution < 1.29 is 29.0 Å². The maximum atomic E-state index is 12.7. The van der Waals surface area contributed by atoms with E-state index >= 15 is 0 Å². The van der Waals surface area contributed by atoms with E-state index in [2.05, 4.69) is 9.55 Å². The van der Waals surface area contributed by atoms with Gasteiger partial charge in [-0.2, -0.15) is 0 Å². The van der Waals surface area contributed by atoms with E-state index in [1.807, 2.05) is 6.20 Å². The molecule has 2 aliphatic carbocycles. The van der Waals surface area contributed by atoms with Crippen molar-refractivity contribution in [1.29, 1.82) is 0 Å². The molecule has 2 amide bonds. The molecule has 2 fully saturated rings. The largest absolute Gasteiger partial charge is 0.481 e. The first-order valence-corrected chi connectivity index (χ1v) is 12.7. The Labute approximate surface area is 208 Å². The van der Waals surface area contributed by atoms with Crippen molar-refractivity contribution in [1.82, 2.24) is 14.5 Å². The summed E-state index contributed by atoms with van der Waals surface area (Å²) in [5.74, 6) is -0.971. The third-order valence-corrected chi connectivity index (χ3v) is 6.70. The van der Waals surface area contributed by atoms with Gasteiger partial charge in [0.05, 0.1) is 12.0 Å². The van der Waals surface area contributed by atoms with Crippen molar-refractivity contribution in [2.24, 2.45) is 5.92 Å². The molecule has 9 nitrogen and oxygen atoms in total. The van der Waals surface area contributed by atoms with E-state index in [0.29, 0.717) is 31.0 Å². The molecule has 1 heterocycles. The van der Waals surface area contributed by atoms with Gasteiger partial charge in [-0.15, -0.1) is 0 Å². The fraction of sp³-hybridized carbons (Fsp3) is 0.769. The number of rotatable bonds is 7. The van der Waals surface area contributed by atoms with Gasteiger partial charge in [-0.1, -0.05) is 19.3 Å². The van der Waals surface area contributed by atoms with Crippen LogP contribution in [0.5, 0.6) is 0 Å². The molecule has 2 saturated carbocycles. The summed E-state index contributed by atoms with van der Waals surface area (Å²) in [6.07, 6.45) is 9.49. The number of ether oxygens (including phenoxy) is 2. The zero-order valence-electron chi connectivity index (χ0n) is 22.0. The summed E-state index contributed by atoms with van der Waals surface area (Å²) in [6.45, 7) is 10.5. The number of carboxylic acids is 1. The Morgan fingerprint density at radius 1 is 1.06 bits per heavy atom. The summed E-state index contributed by atoms with van der Waals surface area (Å²) in [7, 11) is 0. The highest BCUT2D eigenvalue weighted by molar-refractivity contribution is 5.88. The van der Waals surface area contributed by atoms with Crippen LogP contribution in [0.3, 0.4) is 0 Å². The second-order valence-corrected chi connectivity index (χ2v) is 11.9. The van der Waals surface area contributed by atoms with E-state index in [4.69, 9.17) is 9.47 Å². The van der Waals surface area contributed by atoms with Crippen LogP contribution in [0, 0.1) is 5.92 Å². The fourth-order valence-electron chi connectivity index (χ4n) is 4.90. The molecule has 3 rings (SSSR count). The number of aromatic nitrogens is 2. The highest BCUT2D eigenvalue weighted by Crippen LogP contribution is 2.56. The van der Waals surface area contributed by atoms with Gasteiger partial charge in [0.25, 0.3) is 0 Å². The number of nitrogens with zero attached hydrogens (tertiary/aromatic N) is 3. The van der Waals surface area contributed by atoms with Crippen molar-refractivity contribution >= 4 is 18.2 Å². The van der Waals surface area contributed by atoms with Crippen LogP contribution < -0.4 is 0 Å². The molecular weight excluding hydrogens is 450 g/mol. The van der Waals surface area contributed by atoms with Crippen LogP contribution >= 0.6 is 0 Å². The first-order chi connectivity index (χ1) is 16.2. The van der Waals surface area contributed by atoms with Crippen molar-refractivity contribution in [3.8, 4) is 0 Å². The van der Waals surface area contributed by atoms with Gasteiger partial charge < -0.3 is 19.1 Å². The van der Waals surface area contributed by atoms with Crippen LogP contribution in [0.2, 0.25) is 0 Å². The molecule has 1 N–H and O–H groups in total. The molecule has 35 heavy (non-hydrogen) atoms. The van der Waals surface area contributed by atoms with Crippen LogP contribution in [-0.4, -0.2) is 55.5 Å². The Kier molecular flexibility index (Phi) is 7.86. The van der Waals surface area contributed by atoms with E-state index < -0.39 is 34.8 Å². The van der Waals surface area contributed by atoms with Gasteiger partial charge in [0.15, 0.2) is 0 Å². The monoisotopic (exact) mass is 491 g/mol. The molecule has 2 aliphatic rings. The van der Waals surface area contributed by atoms with Gasteiger partial charge in [0.2, 0.25) is 0 Å². The van der Waals surface area contributed by atoms with Gasteiger partial charge in [0, 0.05) is 18.8 Å². The summed E-state index contributed by atoms with van der Waals surface area (Å²) in [4.78, 5) is 43.1. The van der Waals surface area contributed by atoms with Gasteiger partial charge in [-0.05, 0) is 79.6 Å². The van der Waals surface area contributed by atoms with Crippen LogP contribution in [0.1, 0.15) is 105 Å². The first kappa shape index (κ1) is 27.0. The topological polar surface area (TPSA) is 111 Å². The molecule has 0 bridgehead atoms. The molecule has 196 valence electrons. The van der Waals surface area contributed by atoms with Crippen molar-refractivity contribution in [2.75, 3.05) is 6.54 Å². The minimum absolute atomic E-state index is 0.0898. The third-order valence-electron chi connectivity index (χ3n) is 6.70. The average Bonchev–Trinajstić information content (AvgIpc) is 3.25. The lowest BCUT2D eigenvalue weighted by Crippen LogP contribution is -2.44. The van der Waals surface area contributed by atoms with Crippen LogP contribution in [0.25, 0.3) is 0 Å². The van der Waals surface area contributed by atoms with Gasteiger partial charge in [-0.25, -0.2) is 19.5 Å². The molecule has 0 aromatic carbocycles. The lowest BCUT2D eigenvalue weighted by atomic mass is 9.95. The Hall–Kier alpha value is -2.58. The minimum atomic E-state index is -0.997. The molecule has 1 aromatic rings. The molecule has 0 radical (unpaired) electrons. The lowest BCUT2D eigenvalue weighted by molar-refractivity contribution is -0.140.